The Morgan fingerprint density at radius 1 is 1.00 bits per heavy atom. The van der Waals surface area contributed by atoms with E-state index in [9.17, 15) is 26.3 Å². The van der Waals surface area contributed by atoms with Crippen molar-refractivity contribution in [3.63, 3.8) is 0 Å². The number of aliphatic carboxylic acids is 1. The van der Waals surface area contributed by atoms with Gasteiger partial charge in [-0.2, -0.15) is 26.3 Å². The van der Waals surface area contributed by atoms with Gasteiger partial charge in [0.05, 0.1) is 0 Å². The fraction of sp³-hybridized carbons (Fsp3) is 0.500. The van der Waals surface area contributed by atoms with Crippen LogP contribution >= 0.6 is 0 Å². The molecule has 1 aromatic rings. The molecule has 0 fully saturated rings. The summed E-state index contributed by atoms with van der Waals surface area (Å²) >= 11 is 0. The minimum absolute atomic E-state index is 0.378. The molecule has 1 aliphatic rings. The summed E-state index contributed by atoms with van der Waals surface area (Å²) in [5.41, 5.74) is 0.228. The number of fused-ring (bicyclic) bond motifs is 1. The molecule has 0 saturated carbocycles. The number of halogens is 6. The number of alkyl halides is 6. The van der Waals surface area contributed by atoms with Crippen molar-refractivity contribution in [3.05, 3.63) is 35.4 Å². The Labute approximate surface area is 128 Å². The maximum absolute atomic E-state index is 12.9. The van der Waals surface area contributed by atoms with Crippen molar-refractivity contribution in [2.45, 2.75) is 44.8 Å². The molecule has 1 N–H and O–H groups in total. The summed E-state index contributed by atoms with van der Waals surface area (Å²) in [4.78, 5) is 10.4. The highest BCUT2D eigenvalue weighted by Crippen LogP contribution is 2.39. The number of carboxylic acid groups (broad SMARTS) is 1. The van der Waals surface area contributed by atoms with Gasteiger partial charge in [0.1, 0.15) is 5.54 Å². The summed E-state index contributed by atoms with van der Waals surface area (Å²) in [5, 5.41) is 7.12. The topological polar surface area (TPSA) is 40.5 Å². The molecule has 1 heterocycles. The van der Waals surface area contributed by atoms with Crippen LogP contribution in [0.4, 0.5) is 26.3 Å². The molecule has 3 nitrogen and oxygen atoms in total. The van der Waals surface area contributed by atoms with Crippen molar-refractivity contribution in [2.75, 3.05) is 0 Å². The van der Waals surface area contributed by atoms with E-state index < -0.39 is 23.9 Å². The molecule has 130 valence electrons. The predicted octanol–water partition coefficient (Wildman–Crippen LogP) is 3.98. The molecule has 1 aromatic carbocycles. The van der Waals surface area contributed by atoms with Crippen LogP contribution in [0.3, 0.4) is 0 Å². The highest BCUT2D eigenvalue weighted by molar-refractivity contribution is 5.73. The second-order valence-corrected chi connectivity index (χ2v) is 5.48. The Kier molecular flexibility index (Phi) is 5.35. The van der Waals surface area contributed by atoms with Gasteiger partial charge in [-0.1, -0.05) is 24.3 Å². The largest absolute Gasteiger partial charge is 0.490 e. The van der Waals surface area contributed by atoms with E-state index in [1.807, 2.05) is 24.3 Å². The Bertz CT molecular complexity index is 540. The third kappa shape index (κ3) is 4.60. The van der Waals surface area contributed by atoms with E-state index in [1.54, 1.807) is 0 Å². The zero-order chi connectivity index (χ0) is 18.1. The lowest BCUT2D eigenvalue weighted by Gasteiger charge is -2.36. The van der Waals surface area contributed by atoms with Gasteiger partial charge in [0.15, 0.2) is 0 Å². The maximum atomic E-state index is 12.9. The van der Waals surface area contributed by atoms with Gasteiger partial charge in [0.2, 0.25) is 0 Å². The fourth-order valence-electron chi connectivity index (χ4n) is 1.91. The minimum atomic E-state index is -5.08. The van der Waals surface area contributed by atoms with Crippen molar-refractivity contribution in [2.24, 2.45) is 0 Å². The second kappa shape index (κ2) is 6.38. The molecule has 2 rings (SSSR count). The molecule has 0 aromatic heterocycles. The number of carbonyl (C=O) groups is 1. The summed E-state index contributed by atoms with van der Waals surface area (Å²) in [7, 11) is 0. The highest BCUT2D eigenvalue weighted by Gasteiger charge is 2.52. The SMILES string of the molecule is CC(C)(N1Cc2ccccc2C1)C(F)(F)F.O=C(O)C(F)(F)F. The van der Waals surface area contributed by atoms with E-state index in [0.717, 1.165) is 11.1 Å². The van der Waals surface area contributed by atoms with Crippen molar-refractivity contribution in [3.8, 4) is 0 Å². The van der Waals surface area contributed by atoms with Crippen LogP contribution in [-0.4, -0.2) is 33.9 Å². The standard InChI is InChI=1S/C12H14F3N.C2HF3O2/c1-11(2,12(13,14)15)16-7-9-5-3-4-6-10(9)8-16;3-2(4,5)1(6)7/h3-6H,7-8H2,1-2H3;(H,6,7). The van der Waals surface area contributed by atoms with Gasteiger partial charge in [0, 0.05) is 13.1 Å². The Hall–Kier alpha value is -1.77. The molecule has 0 atom stereocenters. The molecule has 0 amide bonds. The first-order chi connectivity index (χ1) is 10.3. The Balaban J connectivity index is 0.000000322. The number of rotatable bonds is 1. The van der Waals surface area contributed by atoms with E-state index >= 15 is 0 Å². The zero-order valence-corrected chi connectivity index (χ0v) is 12.3. The van der Waals surface area contributed by atoms with Crippen molar-refractivity contribution >= 4 is 5.97 Å². The normalized spacial score (nSPS) is 15.7. The van der Waals surface area contributed by atoms with Gasteiger partial charge in [-0.25, -0.2) is 4.79 Å². The highest BCUT2D eigenvalue weighted by atomic mass is 19.4. The predicted molar refractivity (Wildman–Crippen MR) is 69.5 cm³/mol. The van der Waals surface area contributed by atoms with Crippen LogP contribution in [0.2, 0.25) is 0 Å². The molecule has 1 aliphatic heterocycles. The molecule has 9 heteroatoms. The molecule has 0 saturated heterocycles. The number of benzene rings is 1. The van der Waals surface area contributed by atoms with Gasteiger partial charge < -0.3 is 5.11 Å². The molecular weight excluding hydrogens is 328 g/mol. The number of hydrogen-bond acceptors (Lipinski definition) is 2. The Morgan fingerprint density at radius 2 is 1.35 bits per heavy atom. The monoisotopic (exact) mass is 343 g/mol. The number of carboxylic acids is 1. The van der Waals surface area contributed by atoms with Crippen LogP contribution in [-0.2, 0) is 17.9 Å². The van der Waals surface area contributed by atoms with Crippen LogP contribution < -0.4 is 0 Å². The first-order valence-corrected chi connectivity index (χ1v) is 6.45. The summed E-state index contributed by atoms with van der Waals surface area (Å²) < 4.78 is 70.3. The maximum Gasteiger partial charge on any atom is 0.490 e. The van der Waals surface area contributed by atoms with E-state index in [0.29, 0.717) is 13.1 Å². The lowest BCUT2D eigenvalue weighted by Crippen LogP contribution is -2.52. The zero-order valence-electron chi connectivity index (χ0n) is 12.3. The van der Waals surface area contributed by atoms with Crippen LogP contribution in [0.15, 0.2) is 24.3 Å². The van der Waals surface area contributed by atoms with E-state index in [2.05, 4.69) is 0 Å². The quantitative estimate of drug-likeness (QED) is 0.784. The molecule has 0 bridgehead atoms. The average Bonchev–Trinajstić information content (AvgIpc) is 2.81. The molecular formula is C14H15F6NO2. The molecule has 0 unspecified atom stereocenters. The number of hydrogen-bond donors (Lipinski definition) is 1. The lowest BCUT2D eigenvalue weighted by atomic mass is 10.0. The van der Waals surface area contributed by atoms with Crippen LogP contribution in [0.5, 0.6) is 0 Å². The second-order valence-electron chi connectivity index (χ2n) is 5.48. The summed E-state index contributed by atoms with van der Waals surface area (Å²) in [5.74, 6) is -2.76. The van der Waals surface area contributed by atoms with Crippen molar-refractivity contribution < 1.29 is 36.2 Å². The van der Waals surface area contributed by atoms with E-state index in [-0.39, 0.29) is 0 Å². The van der Waals surface area contributed by atoms with Gasteiger partial charge in [-0.05, 0) is 25.0 Å². The summed E-state index contributed by atoms with van der Waals surface area (Å²) in [6.45, 7) is 3.23. The third-order valence-electron chi connectivity index (χ3n) is 3.57. The number of nitrogens with zero attached hydrogens (tertiary/aromatic N) is 1. The summed E-state index contributed by atoms with van der Waals surface area (Å²) in [6, 6.07) is 7.51. The molecule has 23 heavy (non-hydrogen) atoms. The van der Waals surface area contributed by atoms with Gasteiger partial charge in [0.25, 0.3) is 0 Å². The van der Waals surface area contributed by atoms with Crippen molar-refractivity contribution in [1.82, 2.24) is 4.90 Å². The minimum Gasteiger partial charge on any atom is -0.475 e. The van der Waals surface area contributed by atoms with Crippen LogP contribution in [0.25, 0.3) is 0 Å². The average molecular weight is 343 g/mol. The fourth-order valence-corrected chi connectivity index (χ4v) is 1.91. The molecule has 0 spiro atoms. The third-order valence-corrected chi connectivity index (χ3v) is 3.57. The first-order valence-electron chi connectivity index (χ1n) is 6.45. The Morgan fingerprint density at radius 3 is 1.61 bits per heavy atom. The smallest absolute Gasteiger partial charge is 0.475 e. The molecule has 0 radical (unpaired) electrons. The molecule has 0 aliphatic carbocycles. The first kappa shape index (κ1) is 19.3. The van der Waals surface area contributed by atoms with Crippen LogP contribution in [0.1, 0.15) is 25.0 Å². The van der Waals surface area contributed by atoms with E-state index in [1.165, 1.54) is 18.7 Å². The lowest BCUT2D eigenvalue weighted by molar-refractivity contribution is -0.222. The summed E-state index contributed by atoms with van der Waals surface area (Å²) in [6.07, 6.45) is -9.28. The van der Waals surface area contributed by atoms with Crippen molar-refractivity contribution in [1.29, 1.82) is 0 Å². The van der Waals surface area contributed by atoms with Gasteiger partial charge in [-0.15, -0.1) is 0 Å². The van der Waals surface area contributed by atoms with Gasteiger partial charge in [-0.3, -0.25) is 4.90 Å². The van der Waals surface area contributed by atoms with Gasteiger partial charge >= 0.3 is 18.3 Å². The van der Waals surface area contributed by atoms with E-state index in [4.69, 9.17) is 9.90 Å². The van der Waals surface area contributed by atoms with Crippen LogP contribution in [0, 0.1) is 0 Å².